The van der Waals surface area contributed by atoms with Gasteiger partial charge in [-0.1, -0.05) is 68.3 Å². The minimum Gasteiger partial charge on any atom is -0.403 e. The predicted molar refractivity (Wildman–Crippen MR) is 83.2 cm³/mol. The Morgan fingerprint density at radius 1 is 1.29 bits per heavy atom. The summed E-state index contributed by atoms with van der Waals surface area (Å²) in [5, 5.41) is 0.990. The summed E-state index contributed by atoms with van der Waals surface area (Å²) >= 11 is 3.35. The summed E-state index contributed by atoms with van der Waals surface area (Å²) in [5.74, 6) is 6.34. The summed E-state index contributed by atoms with van der Waals surface area (Å²) in [6.07, 6.45) is 3.57. The molecule has 0 bridgehead atoms. The molecule has 3 heteroatoms. The van der Waals surface area contributed by atoms with Gasteiger partial charge in [0.25, 0.3) is 0 Å². The van der Waals surface area contributed by atoms with Crippen LogP contribution in [-0.4, -0.2) is 19.8 Å². The van der Waals surface area contributed by atoms with E-state index in [0.717, 1.165) is 11.8 Å². The minimum atomic E-state index is -1.69. The van der Waals surface area contributed by atoms with Crippen LogP contribution in [0, 0.1) is 11.8 Å². The molecule has 100 valence electrons. The first-order valence-electron chi connectivity index (χ1n) is 6.46. The lowest BCUT2D eigenvalue weighted by atomic mass is 10.2. The van der Waals surface area contributed by atoms with Gasteiger partial charge in [0.1, 0.15) is 6.10 Å². The first-order chi connectivity index (χ1) is 7.74. The van der Waals surface area contributed by atoms with Crippen molar-refractivity contribution in [2.75, 3.05) is 5.33 Å². The van der Waals surface area contributed by atoms with Crippen LogP contribution in [0.5, 0.6) is 0 Å². The highest BCUT2D eigenvalue weighted by atomic mass is 79.9. The lowest BCUT2D eigenvalue weighted by Crippen LogP contribution is -2.43. The van der Waals surface area contributed by atoms with Crippen molar-refractivity contribution in [2.24, 2.45) is 0 Å². The van der Waals surface area contributed by atoms with E-state index in [1.54, 1.807) is 0 Å². The number of hydrogen-bond donors (Lipinski definition) is 0. The van der Waals surface area contributed by atoms with E-state index in [0.29, 0.717) is 0 Å². The van der Waals surface area contributed by atoms with E-state index >= 15 is 0 Å². The quantitative estimate of drug-likeness (QED) is 0.395. The zero-order valence-electron chi connectivity index (χ0n) is 12.2. The highest BCUT2D eigenvalue weighted by Crippen LogP contribution is 2.37. The average molecular weight is 319 g/mol. The largest absolute Gasteiger partial charge is 0.403 e. The van der Waals surface area contributed by atoms with E-state index in [4.69, 9.17) is 4.43 Å². The zero-order valence-corrected chi connectivity index (χ0v) is 14.8. The number of halogens is 1. The summed E-state index contributed by atoms with van der Waals surface area (Å²) in [4.78, 5) is 0. The molecule has 0 fully saturated rings. The third-order valence-corrected chi connectivity index (χ3v) is 8.16. The van der Waals surface area contributed by atoms with Crippen LogP contribution in [0.2, 0.25) is 18.1 Å². The predicted octanol–water partition coefficient (Wildman–Crippen LogP) is 4.97. The molecule has 0 N–H and O–H groups in total. The standard InChI is InChI=1S/C14H27BrOSi/c1-7-8-10-13(11-9-12-15)16-17(5,6)14(2,3)4/h13H,7-8,10,12H2,1-6H3. The Labute approximate surface area is 117 Å². The van der Waals surface area contributed by atoms with Crippen molar-refractivity contribution >= 4 is 24.2 Å². The Kier molecular flexibility index (Phi) is 7.70. The van der Waals surface area contributed by atoms with Gasteiger partial charge in [-0.25, -0.2) is 0 Å². The molecule has 0 amide bonds. The van der Waals surface area contributed by atoms with Gasteiger partial charge in [0.2, 0.25) is 0 Å². The van der Waals surface area contributed by atoms with Gasteiger partial charge in [0.15, 0.2) is 8.32 Å². The van der Waals surface area contributed by atoms with Crippen molar-refractivity contribution in [1.29, 1.82) is 0 Å². The van der Waals surface area contributed by atoms with Gasteiger partial charge in [-0.15, -0.1) is 0 Å². The third-order valence-electron chi connectivity index (χ3n) is 3.39. The first-order valence-corrected chi connectivity index (χ1v) is 10.5. The van der Waals surface area contributed by atoms with Crippen molar-refractivity contribution in [3.8, 4) is 11.8 Å². The maximum absolute atomic E-state index is 6.35. The Bertz CT molecular complexity index is 270. The van der Waals surface area contributed by atoms with Crippen LogP contribution in [0.15, 0.2) is 0 Å². The molecular formula is C14H27BrOSi. The second kappa shape index (κ2) is 7.61. The van der Waals surface area contributed by atoms with Crippen molar-refractivity contribution < 1.29 is 4.43 Å². The number of alkyl halides is 1. The number of unbranched alkanes of at least 4 members (excludes halogenated alkanes) is 1. The summed E-state index contributed by atoms with van der Waals surface area (Å²) in [5.41, 5.74) is 0. The minimum absolute atomic E-state index is 0.119. The molecule has 1 unspecified atom stereocenters. The molecule has 1 nitrogen and oxygen atoms in total. The van der Waals surface area contributed by atoms with Crippen molar-refractivity contribution in [3.05, 3.63) is 0 Å². The normalized spacial score (nSPS) is 14.1. The molecule has 0 aliphatic rings. The molecule has 0 saturated heterocycles. The van der Waals surface area contributed by atoms with E-state index < -0.39 is 8.32 Å². The van der Waals surface area contributed by atoms with Gasteiger partial charge >= 0.3 is 0 Å². The Balaban J connectivity index is 4.62. The van der Waals surface area contributed by atoms with Crippen LogP contribution in [-0.2, 0) is 4.43 Å². The van der Waals surface area contributed by atoms with Crippen LogP contribution in [0.4, 0.5) is 0 Å². The highest BCUT2D eigenvalue weighted by molar-refractivity contribution is 9.09. The lowest BCUT2D eigenvalue weighted by Gasteiger charge is -2.38. The molecule has 0 radical (unpaired) electrons. The average Bonchev–Trinajstić information content (AvgIpc) is 2.20. The fourth-order valence-corrected chi connectivity index (χ4v) is 2.64. The van der Waals surface area contributed by atoms with Crippen molar-refractivity contribution in [1.82, 2.24) is 0 Å². The van der Waals surface area contributed by atoms with E-state index in [-0.39, 0.29) is 11.1 Å². The maximum atomic E-state index is 6.35. The molecule has 0 heterocycles. The molecule has 0 saturated carbocycles. The van der Waals surface area contributed by atoms with E-state index in [1.807, 2.05) is 0 Å². The smallest absolute Gasteiger partial charge is 0.193 e. The topological polar surface area (TPSA) is 9.23 Å². The molecule has 1 atom stereocenters. The molecule has 0 spiro atoms. The summed E-state index contributed by atoms with van der Waals surface area (Å²) < 4.78 is 6.35. The van der Waals surface area contributed by atoms with Gasteiger partial charge in [-0.2, -0.15) is 0 Å². The molecule has 0 aromatic heterocycles. The maximum Gasteiger partial charge on any atom is 0.193 e. The lowest BCUT2D eigenvalue weighted by molar-refractivity contribution is 0.220. The van der Waals surface area contributed by atoms with Gasteiger partial charge in [0.05, 0.1) is 5.33 Å². The van der Waals surface area contributed by atoms with Crippen molar-refractivity contribution in [3.63, 3.8) is 0 Å². The molecular weight excluding hydrogens is 292 g/mol. The fraction of sp³-hybridized carbons (Fsp3) is 0.857. The second-order valence-corrected chi connectivity index (χ2v) is 11.3. The van der Waals surface area contributed by atoms with E-state index in [2.05, 4.69) is 68.6 Å². The van der Waals surface area contributed by atoms with Gasteiger partial charge in [0, 0.05) is 0 Å². The van der Waals surface area contributed by atoms with Crippen LogP contribution in [0.1, 0.15) is 47.0 Å². The second-order valence-electron chi connectivity index (χ2n) is 5.96. The zero-order chi connectivity index (χ0) is 13.5. The van der Waals surface area contributed by atoms with Crippen LogP contribution >= 0.6 is 15.9 Å². The molecule has 0 aromatic rings. The van der Waals surface area contributed by atoms with Gasteiger partial charge < -0.3 is 4.43 Å². The Morgan fingerprint density at radius 2 is 1.88 bits per heavy atom. The van der Waals surface area contributed by atoms with Crippen molar-refractivity contribution in [2.45, 2.75) is 71.2 Å². The number of hydrogen-bond acceptors (Lipinski definition) is 1. The van der Waals surface area contributed by atoms with E-state index in [1.165, 1.54) is 12.8 Å². The molecule has 17 heavy (non-hydrogen) atoms. The SMILES string of the molecule is CCCCC(C#CCBr)O[Si](C)(C)C(C)(C)C. The molecule has 0 rings (SSSR count). The highest BCUT2D eigenvalue weighted by Gasteiger charge is 2.38. The molecule has 0 aliphatic carbocycles. The first kappa shape index (κ1) is 17.2. The van der Waals surface area contributed by atoms with Crippen LogP contribution in [0.3, 0.4) is 0 Å². The third kappa shape index (κ3) is 6.64. The summed E-state index contributed by atoms with van der Waals surface area (Å²) in [7, 11) is -1.69. The number of rotatable bonds is 5. The van der Waals surface area contributed by atoms with Gasteiger partial charge in [-0.05, 0) is 24.6 Å². The van der Waals surface area contributed by atoms with Crippen LogP contribution < -0.4 is 0 Å². The Morgan fingerprint density at radius 3 is 2.29 bits per heavy atom. The molecule has 0 aromatic carbocycles. The monoisotopic (exact) mass is 318 g/mol. The summed E-state index contributed by atoms with van der Waals surface area (Å²) in [6, 6.07) is 0. The van der Waals surface area contributed by atoms with Gasteiger partial charge in [-0.3, -0.25) is 0 Å². The Hall–Kier alpha value is 0.217. The fourth-order valence-electron chi connectivity index (χ4n) is 1.23. The summed E-state index contributed by atoms with van der Waals surface area (Å²) in [6.45, 7) is 13.6. The van der Waals surface area contributed by atoms with E-state index in [9.17, 15) is 0 Å². The van der Waals surface area contributed by atoms with Crippen LogP contribution in [0.25, 0.3) is 0 Å². The molecule has 0 aliphatic heterocycles.